The largest absolute Gasteiger partial charge is 0.478 e. The Hall–Kier alpha value is -4.17. The molecule has 0 aliphatic carbocycles. The second-order valence-corrected chi connectivity index (χ2v) is 5.99. The number of carbonyl (C=O) groups is 2. The zero-order valence-corrected chi connectivity index (χ0v) is 14.8. The molecule has 0 aliphatic heterocycles. The van der Waals surface area contributed by atoms with Crippen LogP contribution in [-0.4, -0.2) is 17.0 Å². The molecule has 28 heavy (non-hydrogen) atoms. The van der Waals surface area contributed by atoms with E-state index in [-0.39, 0.29) is 11.1 Å². The fourth-order valence-corrected chi connectivity index (χ4v) is 2.61. The molecule has 0 saturated carbocycles. The molecule has 0 bridgehead atoms. The summed E-state index contributed by atoms with van der Waals surface area (Å²) in [5.74, 6) is -1.60. The third-order valence-electron chi connectivity index (χ3n) is 4.08. The van der Waals surface area contributed by atoms with Crippen LogP contribution in [0.15, 0.2) is 84.4 Å². The maximum absolute atomic E-state index is 12.3. The van der Waals surface area contributed by atoms with Crippen molar-refractivity contribution in [3.05, 3.63) is 95.6 Å². The highest BCUT2D eigenvalue weighted by atomic mass is 16.4. The average molecular weight is 368 g/mol. The smallest absolute Gasteiger partial charge is 0.335 e. The van der Waals surface area contributed by atoms with Crippen LogP contribution in [0.1, 0.15) is 15.9 Å². The number of carboxylic acids is 1. The number of rotatable bonds is 5. The van der Waals surface area contributed by atoms with Crippen molar-refractivity contribution in [1.82, 2.24) is 0 Å². The van der Waals surface area contributed by atoms with Gasteiger partial charge in [0.05, 0.1) is 5.56 Å². The first kappa shape index (κ1) is 18.6. The normalized spacial score (nSPS) is 10.8. The van der Waals surface area contributed by atoms with Crippen LogP contribution in [0.4, 0.5) is 5.69 Å². The van der Waals surface area contributed by atoms with Crippen molar-refractivity contribution in [2.75, 3.05) is 5.32 Å². The van der Waals surface area contributed by atoms with Gasteiger partial charge in [0.15, 0.2) is 0 Å². The van der Waals surface area contributed by atoms with Gasteiger partial charge >= 0.3 is 5.97 Å². The Balaban J connectivity index is 1.75. The fraction of sp³-hybridized carbons (Fsp3) is 0. The van der Waals surface area contributed by atoms with E-state index in [9.17, 15) is 14.9 Å². The van der Waals surface area contributed by atoms with Crippen molar-refractivity contribution in [2.45, 2.75) is 0 Å². The number of hydrogen-bond acceptors (Lipinski definition) is 3. The standard InChI is InChI=1S/C23H16N2O3/c24-15-20(22(26)25-21-12-10-19(11-13-21)23(27)28)14-16-6-8-18(9-7-16)17-4-2-1-3-5-17/h1-14H,(H,25,26)(H,27,28)/b20-14+. The minimum atomic E-state index is -1.05. The molecule has 3 aromatic carbocycles. The van der Waals surface area contributed by atoms with Crippen molar-refractivity contribution in [3.8, 4) is 17.2 Å². The maximum Gasteiger partial charge on any atom is 0.335 e. The lowest BCUT2D eigenvalue weighted by Crippen LogP contribution is -2.13. The summed E-state index contributed by atoms with van der Waals surface area (Å²) in [6, 6.07) is 25.1. The molecule has 1 amide bonds. The number of amides is 1. The Morgan fingerprint density at radius 3 is 2.04 bits per heavy atom. The van der Waals surface area contributed by atoms with Gasteiger partial charge in [0.2, 0.25) is 0 Å². The van der Waals surface area contributed by atoms with Crippen molar-refractivity contribution in [2.24, 2.45) is 0 Å². The van der Waals surface area contributed by atoms with E-state index in [1.54, 1.807) is 0 Å². The molecule has 0 aliphatic rings. The summed E-state index contributed by atoms with van der Waals surface area (Å²) in [4.78, 5) is 23.2. The van der Waals surface area contributed by atoms with Crippen LogP contribution in [0.3, 0.4) is 0 Å². The molecule has 3 rings (SSSR count). The first-order chi connectivity index (χ1) is 13.6. The molecule has 136 valence electrons. The zero-order chi connectivity index (χ0) is 19.9. The highest BCUT2D eigenvalue weighted by Crippen LogP contribution is 2.20. The predicted molar refractivity (Wildman–Crippen MR) is 107 cm³/mol. The van der Waals surface area contributed by atoms with E-state index in [0.29, 0.717) is 5.69 Å². The van der Waals surface area contributed by atoms with Gasteiger partial charge in [-0.1, -0.05) is 54.6 Å². The highest BCUT2D eigenvalue weighted by molar-refractivity contribution is 6.09. The number of carboxylic acid groups (broad SMARTS) is 1. The zero-order valence-electron chi connectivity index (χ0n) is 14.8. The molecule has 0 aromatic heterocycles. The molecule has 0 heterocycles. The number of nitrogens with one attached hydrogen (secondary N) is 1. The number of nitriles is 1. The van der Waals surface area contributed by atoms with E-state index in [2.05, 4.69) is 5.32 Å². The lowest BCUT2D eigenvalue weighted by molar-refractivity contribution is -0.112. The summed E-state index contributed by atoms with van der Waals surface area (Å²) in [6.07, 6.45) is 1.51. The summed E-state index contributed by atoms with van der Waals surface area (Å²) < 4.78 is 0. The molecule has 2 N–H and O–H groups in total. The number of benzene rings is 3. The second-order valence-electron chi connectivity index (χ2n) is 5.99. The van der Waals surface area contributed by atoms with Gasteiger partial charge in [-0.3, -0.25) is 4.79 Å². The lowest BCUT2D eigenvalue weighted by Gasteiger charge is -2.05. The lowest BCUT2D eigenvalue weighted by atomic mass is 10.0. The Morgan fingerprint density at radius 1 is 0.857 bits per heavy atom. The molecule has 5 nitrogen and oxygen atoms in total. The van der Waals surface area contributed by atoms with E-state index < -0.39 is 11.9 Å². The Bertz CT molecular complexity index is 1060. The molecular weight excluding hydrogens is 352 g/mol. The minimum Gasteiger partial charge on any atom is -0.478 e. The predicted octanol–water partition coefficient (Wildman–Crippen LogP) is 4.60. The monoisotopic (exact) mass is 368 g/mol. The number of hydrogen-bond donors (Lipinski definition) is 2. The van der Waals surface area contributed by atoms with Crippen molar-refractivity contribution >= 4 is 23.6 Å². The van der Waals surface area contributed by atoms with Crippen molar-refractivity contribution in [3.63, 3.8) is 0 Å². The summed E-state index contributed by atoms with van der Waals surface area (Å²) in [5, 5.41) is 20.8. The molecule has 3 aromatic rings. The quantitative estimate of drug-likeness (QED) is 0.509. The topological polar surface area (TPSA) is 90.2 Å². The van der Waals surface area contributed by atoms with Crippen molar-refractivity contribution in [1.29, 1.82) is 5.26 Å². The van der Waals surface area contributed by atoms with Gasteiger partial charge in [-0.05, 0) is 47.0 Å². The molecule has 0 fully saturated rings. The number of nitrogens with zero attached hydrogens (tertiary/aromatic N) is 1. The van der Waals surface area contributed by atoms with Crippen molar-refractivity contribution < 1.29 is 14.7 Å². The van der Waals surface area contributed by atoms with Crippen LogP contribution in [0, 0.1) is 11.3 Å². The van der Waals surface area contributed by atoms with E-state index in [0.717, 1.165) is 16.7 Å². The van der Waals surface area contributed by atoms with Gasteiger partial charge < -0.3 is 10.4 Å². The first-order valence-electron chi connectivity index (χ1n) is 8.49. The number of anilines is 1. The molecule has 0 spiro atoms. The SMILES string of the molecule is N#C/C(=C\c1ccc(-c2ccccc2)cc1)C(=O)Nc1ccc(C(=O)O)cc1. The van der Waals surface area contributed by atoms with Gasteiger partial charge in [0.1, 0.15) is 11.6 Å². The van der Waals surface area contributed by atoms with Crippen LogP contribution >= 0.6 is 0 Å². The van der Waals surface area contributed by atoms with Gasteiger partial charge in [-0.25, -0.2) is 4.79 Å². The summed E-state index contributed by atoms with van der Waals surface area (Å²) >= 11 is 0. The first-order valence-corrected chi connectivity index (χ1v) is 8.49. The Morgan fingerprint density at radius 2 is 1.46 bits per heavy atom. The van der Waals surface area contributed by atoms with Gasteiger partial charge in [0.25, 0.3) is 5.91 Å². The van der Waals surface area contributed by atoms with E-state index in [1.807, 2.05) is 60.7 Å². The van der Waals surface area contributed by atoms with Crippen LogP contribution in [0.25, 0.3) is 17.2 Å². The minimum absolute atomic E-state index is 0.0465. The summed E-state index contributed by atoms with van der Waals surface area (Å²) in [5.41, 5.74) is 3.34. The second kappa shape index (κ2) is 8.47. The van der Waals surface area contributed by atoms with Crippen LogP contribution in [-0.2, 0) is 4.79 Å². The highest BCUT2D eigenvalue weighted by Gasteiger charge is 2.10. The van der Waals surface area contributed by atoms with Crippen LogP contribution in [0.5, 0.6) is 0 Å². The summed E-state index contributed by atoms with van der Waals surface area (Å²) in [7, 11) is 0. The third kappa shape index (κ3) is 4.51. The molecule has 5 heteroatoms. The Kier molecular flexibility index (Phi) is 5.63. The van der Waals surface area contributed by atoms with Gasteiger partial charge in [-0.2, -0.15) is 5.26 Å². The molecule has 0 saturated heterocycles. The Labute approximate surface area is 162 Å². The third-order valence-corrected chi connectivity index (χ3v) is 4.08. The number of carbonyl (C=O) groups excluding carboxylic acids is 1. The molecule has 0 atom stereocenters. The summed E-state index contributed by atoms with van der Waals surface area (Å²) in [6.45, 7) is 0. The molecule has 0 radical (unpaired) electrons. The number of aromatic carboxylic acids is 1. The van der Waals surface area contributed by atoms with E-state index in [4.69, 9.17) is 5.11 Å². The fourth-order valence-electron chi connectivity index (χ4n) is 2.61. The van der Waals surface area contributed by atoms with Gasteiger partial charge in [0, 0.05) is 5.69 Å². The van der Waals surface area contributed by atoms with Crippen LogP contribution in [0.2, 0.25) is 0 Å². The molecule has 0 unspecified atom stereocenters. The average Bonchev–Trinajstić information content (AvgIpc) is 2.73. The molecular formula is C23H16N2O3. The van der Waals surface area contributed by atoms with E-state index in [1.165, 1.54) is 30.3 Å². The maximum atomic E-state index is 12.3. The van der Waals surface area contributed by atoms with Crippen LogP contribution < -0.4 is 5.32 Å². The van der Waals surface area contributed by atoms with Gasteiger partial charge in [-0.15, -0.1) is 0 Å². The van der Waals surface area contributed by atoms with E-state index >= 15 is 0 Å².